The average Bonchev–Trinajstić information content (AvgIpc) is 3.03. The van der Waals surface area contributed by atoms with Crippen LogP contribution in [0, 0.1) is 12.8 Å². The van der Waals surface area contributed by atoms with Crippen LogP contribution < -0.4 is 0 Å². The van der Waals surface area contributed by atoms with Crippen molar-refractivity contribution < 1.29 is 18.7 Å². The van der Waals surface area contributed by atoms with E-state index < -0.39 is 0 Å². The second kappa shape index (κ2) is 8.20. The maximum atomic E-state index is 12.9. The number of piperidine rings is 2. The van der Waals surface area contributed by atoms with Gasteiger partial charge in [-0.3, -0.25) is 9.59 Å². The minimum absolute atomic E-state index is 0.0732. The minimum Gasteiger partial charge on any atom is -0.435 e. The SMILES string of the molecule is CCc1nc(C)c(C(=O)N2CC[C@@H]3[C@@H](CCC(=O)N3CCCOC)C2)o1. The smallest absolute Gasteiger partial charge is 0.291 e. The summed E-state index contributed by atoms with van der Waals surface area (Å²) in [5.41, 5.74) is 0.661. The molecule has 3 rings (SSSR count). The summed E-state index contributed by atoms with van der Waals surface area (Å²) in [5, 5.41) is 0. The van der Waals surface area contributed by atoms with Crippen molar-refractivity contribution in [1.82, 2.24) is 14.8 Å². The maximum absolute atomic E-state index is 12.9. The number of rotatable bonds is 6. The molecule has 1 aromatic heterocycles. The molecule has 0 unspecified atom stereocenters. The van der Waals surface area contributed by atoms with Crippen LogP contribution in [0.4, 0.5) is 0 Å². The van der Waals surface area contributed by atoms with Crippen LogP contribution in [0.25, 0.3) is 0 Å². The number of ether oxygens (including phenoxy) is 1. The summed E-state index contributed by atoms with van der Waals surface area (Å²) < 4.78 is 10.8. The highest BCUT2D eigenvalue weighted by molar-refractivity contribution is 5.92. The van der Waals surface area contributed by atoms with Crippen LogP contribution in [-0.4, -0.2) is 66.0 Å². The van der Waals surface area contributed by atoms with Crippen LogP contribution in [0.1, 0.15) is 54.7 Å². The number of aryl methyl sites for hydroxylation is 2. The van der Waals surface area contributed by atoms with Gasteiger partial charge in [0.2, 0.25) is 11.7 Å². The van der Waals surface area contributed by atoms with E-state index in [0.29, 0.717) is 55.8 Å². The molecule has 2 atom stereocenters. The first kappa shape index (κ1) is 18.9. The van der Waals surface area contributed by atoms with E-state index in [2.05, 4.69) is 4.98 Å². The molecule has 0 aromatic carbocycles. The lowest BCUT2D eigenvalue weighted by Gasteiger charge is -2.47. The van der Waals surface area contributed by atoms with Gasteiger partial charge in [0, 0.05) is 52.2 Å². The molecule has 2 aliphatic heterocycles. The van der Waals surface area contributed by atoms with Gasteiger partial charge < -0.3 is 19.0 Å². The maximum Gasteiger partial charge on any atom is 0.291 e. The summed E-state index contributed by atoms with van der Waals surface area (Å²) in [6.07, 6.45) is 3.77. The van der Waals surface area contributed by atoms with E-state index in [0.717, 1.165) is 25.8 Å². The Bertz CT molecular complexity index is 657. The van der Waals surface area contributed by atoms with E-state index in [-0.39, 0.29) is 17.9 Å². The number of hydrogen-bond acceptors (Lipinski definition) is 5. The third-order valence-electron chi connectivity index (χ3n) is 5.52. The molecule has 1 aromatic rings. The van der Waals surface area contributed by atoms with Crippen LogP contribution in [0.3, 0.4) is 0 Å². The zero-order chi connectivity index (χ0) is 18.7. The van der Waals surface area contributed by atoms with Crippen LogP contribution in [0.15, 0.2) is 4.42 Å². The quantitative estimate of drug-likeness (QED) is 0.723. The van der Waals surface area contributed by atoms with Gasteiger partial charge in [-0.1, -0.05) is 6.92 Å². The fourth-order valence-electron chi connectivity index (χ4n) is 4.15. The molecule has 3 heterocycles. The van der Waals surface area contributed by atoms with Gasteiger partial charge in [0.25, 0.3) is 5.91 Å². The fourth-order valence-corrected chi connectivity index (χ4v) is 4.15. The number of carbonyl (C=O) groups is 2. The molecule has 144 valence electrons. The van der Waals surface area contributed by atoms with Gasteiger partial charge in [-0.05, 0) is 32.1 Å². The van der Waals surface area contributed by atoms with Crippen LogP contribution in [0.5, 0.6) is 0 Å². The Balaban J connectivity index is 1.66. The predicted octanol–water partition coefficient (Wildman–Crippen LogP) is 2.04. The third-order valence-corrected chi connectivity index (χ3v) is 5.52. The Labute approximate surface area is 154 Å². The summed E-state index contributed by atoms with van der Waals surface area (Å²) in [5.74, 6) is 1.47. The topological polar surface area (TPSA) is 75.9 Å². The summed E-state index contributed by atoms with van der Waals surface area (Å²) >= 11 is 0. The van der Waals surface area contributed by atoms with Crippen LogP contribution in [0.2, 0.25) is 0 Å². The molecular weight excluding hydrogens is 334 g/mol. The van der Waals surface area contributed by atoms with Crippen LogP contribution >= 0.6 is 0 Å². The van der Waals surface area contributed by atoms with Crippen molar-refractivity contribution in [3.63, 3.8) is 0 Å². The van der Waals surface area contributed by atoms with E-state index in [9.17, 15) is 9.59 Å². The summed E-state index contributed by atoms with van der Waals surface area (Å²) in [6.45, 7) is 6.51. The number of fused-ring (bicyclic) bond motifs is 1. The van der Waals surface area contributed by atoms with Crippen LogP contribution in [-0.2, 0) is 16.0 Å². The second-order valence-electron chi connectivity index (χ2n) is 7.22. The number of carbonyl (C=O) groups excluding carboxylic acids is 2. The summed E-state index contributed by atoms with van der Waals surface area (Å²) in [6, 6.07) is 0.235. The normalized spacial score (nSPS) is 23.3. The number of oxazole rings is 1. The van der Waals surface area contributed by atoms with E-state index in [1.54, 1.807) is 7.11 Å². The summed E-state index contributed by atoms with van der Waals surface area (Å²) in [7, 11) is 1.68. The Morgan fingerprint density at radius 3 is 2.88 bits per heavy atom. The van der Waals surface area contributed by atoms with Crippen molar-refractivity contribution in [2.75, 3.05) is 33.4 Å². The number of hydrogen-bond donors (Lipinski definition) is 0. The van der Waals surface area contributed by atoms with Crippen molar-refractivity contribution >= 4 is 11.8 Å². The van der Waals surface area contributed by atoms with E-state index in [4.69, 9.17) is 9.15 Å². The Morgan fingerprint density at radius 2 is 2.19 bits per heavy atom. The Kier molecular flexibility index (Phi) is 5.96. The van der Waals surface area contributed by atoms with Gasteiger partial charge in [0.05, 0.1) is 5.69 Å². The molecular formula is C19H29N3O4. The fraction of sp³-hybridized carbons (Fsp3) is 0.737. The van der Waals surface area contributed by atoms with Gasteiger partial charge >= 0.3 is 0 Å². The highest BCUT2D eigenvalue weighted by atomic mass is 16.5. The molecule has 7 heteroatoms. The molecule has 26 heavy (non-hydrogen) atoms. The van der Waals surface area contributed by atoms with Gasteiger partial charge in [-0.15, -0.1) is 0 Å². The first-order chi connectivity index (χ1) is 12.5. The number of nitrogens with zero attached hydrogens (tertiary/aromatic N) is 3. The zero-order valence-corrected chi connectivity index (χ0v) is 16.0. The second-order valence-corrected chi connectivity index (χ2v) is 7.22. The lowest BCUT2D eigenvalue weighted by molar-refractivity contribution is -0.140. The molecule has 0 radical (unpaired) electrons. The highest BCUT2D eigenvalue weighted by Gasteiger charge is 2.40. The van der Waals surface area contributed by atoms with Gasteiger partial charge in [0.1, 0.15) is 0 Å². The number of amides is 2. The third kappa shape index (κ3) is 3.77. The lowest BCUT2D eigenvalue weighted by Crippen LogP contribution is -2.57. The first-order valence-electron chi connectivity index (χ1n) is 9.59. The number of aromatic nitrogens is 1. The number of methoxy groups -OCH3 is 1. The Morgan fingerprint density at radius 1 is 1.38 bits per heavy atom. The molecule has 2 amide bonds. The van der Waals surface area contributed by atoms with Crippen molar-refractivity contribution in [2.24, 2.45) is 5.92 Å². The van der Waals surface area contributed by atoms with Gasteiger partial charge in [-0.25, -0.2) is 4.98 Å². The lowest BCUT2D eigenvalue weighted by atomic mass is 9.83. The van der Waals surface area contributed by atoms with E-state index >= 15 is 0 Å². The largest absolute Gasteiger partial charge is 0.435 e. The highest BCUT2D eigenvalue weighted by Crippen LogP contribution is 2.32. The summed E-state index contributed by atoms with van der Waals surface area (Å²) in [4.78, 5) is 33.4. The van der Waals surface area contributed by atoms with Crippen molar-refractivity contribution in [3.05, 3.63) is 17.3 Å². The molecule has 2 saturated heterocycles. The first-order valence-corrected chi connectivity index (χ1v) is 9.59. The van der Waals surface area contributed by atoms with Crippen molar-refractivity contribution in [1.29, 1.82) is 0 Å². The molecule has 2 fully saturated rings. The minimum atomic E-state index is -0.0732. The van der Waals surface area contributed by atoms with Crippen molar-refractivity contribution in [3.8, 4) is 0 Å². The predicted molar refractivity (Wildman–Crippen MR) is 95.9 cm³/mol. The molecule has 0 N–H and O–H groups in total. The van der Waals surface area contributed by atoms with Gasteiger partial charge in [-0.2, -0.15) is 0 Å². The molecule has 0 bridgehead atoms. The average molecular weight is 363 g/mol. The van der Waals surface area contributed by atoms with E-state index in [1.807, 2.05) is 23.6 Å². The molecule has 0 spiro atoms. The molecule has 2 aliphatic rings. The number of likely N-dealkylation sites (tertiary alicyclic amines) is 2. The van der Waals surface area contributed by atoms with E-state index in [1.165, 1.54) is 0 Å². The monoisotopic (exact) mass is 363 g/mol. The molecule has 0 aliphatic carbocycles. The Hall–Kier alpha value is -1.89. The zero-order valence-electron chi connectivity index (χ0n) is 16.0. The molecule has 0 saturated carbocycles. The molecule has 7 nitrogen and oxygen atoms in total. The standard InChI is InChI=1S/C19H29N3O4/c1-4-16-20-13(2)18(26-16)19(24)21-10-8-15-14(12-21)6-7-17(23)22(15)9-5-11-25-3/h14-15H,4-12H2,1-3H3/t14-,15+/m0/s1. The van der Waals surface area contributed by atoms with Crippen molar-refractivity contribution in [2.45, 2.75) is 52.0 Å². The van der Waals surface area contributed by atoms with Gasteiger partial charge in [0.15, 0.2) is 5.89 Å².